The minimum Gasteiger partial charge on any atom is -0.359 e. The van der Waals surface area contributed by atoms with Crippen LogP contribution < -0.4 is 4.90 Å². The van der Waals surface area contributed by atoms with Crippen LogP contribution in [-0.2, 0) is 7.05 Å². The molecule has 0 aromatic carbocycles. The van der Waals surface area contributed by atoms with Crippen LogP contribution in [0.4, 0.5) is 5.82 Å². The van der Waals surface area contributed by atoms with E-state index in [1.54, 1.807) is 0 Å². The van der Waals surface area contributed by atoms with Crippen LogP contribution in [0.3, 0.4) is 0 Å². The molecule has 0 N–H and O–H groups in total. The molecule has 0 unspecified atom stereocenters. The standard InChI is InChI=1S/C20H30N6/c1-14-12-18(23-20(22-14)15-7-8-15)25(3)13-16-6-5-11-24(2)19(16)17-9-10-21-26(17)4/h9-10,12,15-16,19H,5-8,11,13H2,1-4H3/t16-,19+/m0/s1. The topological polar surface area (TPSA) is 50.1 Å². The normalized spacial score (nSPS) is 24.0. The molecular weight excluding hydrogens is 324 g/mol. The Morgan fingerprint density at radius 1 is 1.19 bits per heavy atom. The van der Waals surface area contributed by atoms with Gasteiger partial charge in [0.15, 0.2) is 0 Å². The zero-order chi connectivity index (χ0) is 18.3. The van der Waals surface area contributed by atoms with E-state index in [9.17, 15) is 0 Å². The molecule has 1 aliphatic heterocycles. The number of rotatable bonds is 5. The summed E-state index contributed by atoms with van der Waals surface area (Å²) in [6, 6.07) is 4.70. The van der Waals surface area contributed by atoms with Crippen LogP contribution in [0, 0.1) is 12.8 Å². The molecule has 0 radical (unpaired) electrons. The third-order valence-corrected chi connectivity index (χ3v) is 5.87. The van der Waals surface area contributed by atoms with Gasteiger partial charge in [0.2, 0.25) is 0 Å². The molecule has 1 aliphatic carbocycles. The fourth-order valence-corrected chi connectivity index (χ4v) is 4.33. The molecule has 26 heavy (non-hydrogen) atoms. The van der Waals surface area contributed by atoms with Crippen molar-refractivity contribution in [1.29, 1.82) is 0 Å². The summed E-state index contributed by atoms with van der Waals surface area (Å²) >= 11 is 0. The maximum atomic E-state index is 4.87. The van der Waals surface area contributed by atoms with E-state index in [4.69, 9.17) is 4.98 Å². The van der Waals surface area contributed by atoms with Gasteiger partial charge in [-0.2, -0.15) is 5.10 Å². The van der Waals surface area contributed by atoms with Crippen molar-refractivity contribution >= 4 is 5.82 Å². The molecule has 6 heteroatoms. The Morgan fingerprint density at radius 2 is 2.00 bits per heavy atom. The predicted octanol–water partition coefficient (Wildman–Crippen LogP) is 2.92. The molecule has 1 saturated carbocycles. The van der Waals surface area contributed by atoms with Crippen molar-refractivity contribution in [3.63, 3.8) is 0 Å². The summed E-state index contributed by atoms with van der Waals surface area (Å²) in [5.74, 6) is 3.26. The number of aromatic nitrogens is 4. The SMILES string of the molecule is Cc1cc(N(C)C[C@@H]2CCCN(C)[C@H]2c2ccnn2C)nc(C2CC2)n1. The number of nitrogens with zero attached hydrogens (tertiary/aromatic N) is 6. The lowest BCUT2D eigenvalue weighted by atomic mass is 9.87. The number of likely N-dealkylation sites (tertiary alicyclic amines) is 1. The third kappa shape index (κ3) is 3.47. The van der Waals surface area contributed by atoms with Gasteiger partial charge in [-0.05, 0) is 58.2 Å². The van der Waals surface area contributed by atoms with Crippen LogP contribution >= 0.6 is 0 Å². The molecule has 2 aliphatic rings. The molecular formula is C20H30N6. The third-order valence-electron chi connectivity index (χ3n) is 5.87. The Morgan fingerprint density at radius 3 is 2.69 bits per heavy atom. The summed E-state index contributed by atoms with van der Waals surface area (Å²) in [7, 11) is 6.46. The average molecular weight is 355 g/mol. The van der Waals surface area contributed by atoms with Gasteiger partial charge in [0.25, 0.3) is 0 Å². The largest absolute Gasteiger partial charge is 0.359 e. The van der Waals surface area contributed by atoms with Crippen LogP contribution in [0.15, 0.2) is 18.3 Å². The zero-order valence-corrected chi connectivity index (χ0v) is 16.4. The molecule has 140 valence electrons. The van der Waals surface area contributed by atoms with Crippen molar-refractivity contribution in [1.82, 2.24) is 24.6 Å². The first-order valence-electron chi connectivity index (χ1n) is 9.78. The van der Waals surface area contributed by atoms with Gasteiger partial charge in [0.1, 0.15) is 11.6 Å². The van der Waals surface area contributed by atoms with E-state index in [2.05, 4.69) is 53.0 Å². The lowest BCUT2D eigenvalue weighted by molar-refractivity contribution is 0.118. The van der Waals surface area contributed by atoms with Gasteiger partial charge in [-0.1, -0.05) is 0 Å². The van der Waals surface area contributed by atoms with E-state index in [1.165, 1.54) is 31.4 Å². The van der Waals surface area contributed by atoms with E-state index in [0.29, 0.717) is 17.9 Å². The van der Waals surface area contributed by atoms with Crippen molar-refractivity contribution in [2.45, 2.75) is 44.6 Å². The summed E-state index contributed by atoms with van der Waals surface area (Å²) < 4.78 is 2.03. The van der Waals surface area contributed by atoms with Gasteiger partial charge in [0.05, 0.1) is 11.7 Å². The zero-order valence-electron chi connectivity index (χ0n) is 16.4. The summed E-state index contributed by atoms with van der Waals surface area (Å²) in [6.45, 7) is 4.23. The van der Waals surface area contributed by atoms with E-state index < -0.39 is 0 Å². The summed E-state index contributed by atoms with van der Waals surface area (Å²) in [5, 5.41) is 4.40. The molecule has 3 heterocycles. The molecule has 2 aromatic rings. The van der Waals surface area contributed by atoms with Crippen LogP contribution in [0.25, 0.3) is 0 Å². The first kappa shape index (κ1) is 17.5. The molecule has 4 rings (SSSR count). The second-order valence-electron chi connectivity index (χ2n) is 8.09. The van der Waals surface area contributed by atoms with Crippen LogP contribution in [0.2, 0.25) is 0 Å². The molecule has 1 saturated heterocycles. The maximum absolute atomic E-state index is 4.87. The molecule has 2 aromatic heterocycles. The van der Waals surface area contributed by atoms with Gasteiger partial charge in [-0.3, -0.25) is 9.58 Å². The lowest BCUT2D eigenvalue weighted by Gasteiger charge is -2.41. The number of hydrogen-bond acceptors (Lipinski definition) is 5. The van der Waals surface area contributed by atoms with Gasteiger partial charge >= 0.3 is 0 Å². The van der Waals surface area contributed by atoms with E-state index in [0.717, 1.165) is 30.4 Å². The Hall–Kier alpha value is -1.95. The Balaban J connectivity index is 1.55. The summed E-state index contributed by atoms with van der Waals surface area (Å²) in [5.41, 5.74) is 2.39. The van der Waals surface area contributed by atoms with Crippen LogP contribution in [0.5, 0.6) is 0 Å². The van der Waals surface area contributed by atoms with Crippen molar-refractivity contribution in [2.75, 3.05) is 32.1 Å². The monoisotopic (exact) mass is 354 g/mol. The van der Waals surface area contributed by atoms with E-state index >= 15 is 0 Å². The molecule has 0 amide bonds. The highest BCUT2D eigenvalue weighted by Crippen LogP contribution is 2.39. The minimum absolute atomic E-state index is 0.407. The molecule has 0 bridgehead atoms. The van der Waals surface area contributed by atoms with E-state index in [1.807, 2.05) is 17.9 Å². The number of aryl methyl sites for hydroxylation is 2. The first-order chi connectivity index (χ1) is 12.5. The molecule has 6 nitrogen and oxygen atoms in total. The van der Waals surface area contributed by atoms with Gasteiger partial charge in [0, 0.05) is 44.5 Å². The Labute approximate surface area is 156 Å². The number of piperidine rings is 1. The summed E-state index contributed by atoms with van der Waals surface area (Å²) in [4.78, 5) is 14.3. The highest BCUT2D eigenvalue weighted by atomic mass is 15.3. The van der Waals surface area contributed by atoms with Crippen LogP contribution in [-0.4, -0.2) is 51.8 Å². The number of hydrogen-bond donors (Lipinski definition) is 0. The maximum Gasteiger partial charge on any atom is 0.134 e. The lowest BCUT2D eigenvalue weighted by Crippen LogP contribution is -2.42. The number of anilines is 1. The minimum atomic E-state index is 0.407. The highest BCUT2D eigenvalue weighted by Gasteiger charge is 2.33. The van der Waals surface area contributed by atoms with Crippen molar-refractivity contribution in [3.05, 3.63) is 35.5 Å². The van der Waals surface area contributed by atoms with Crippen molar-refractivity contribution < 1.29 is 0 Å². The first-order valence-corrected chi connectivity index (χ1v) is 9.78. The Kier molecular flexibility index (Phi) is 4.69. The fourth-order valence-electron chi connectivity index (χ4n) is 4.33. The van der Waals surface area contributed by atoms with Crippen LogP contribution in [0.1, 0.15) is 54.9 Å². The highest BCUT2D eigenvalue weighted by molar-refractivity contribution is 5.39. The second-order valence-corrected chi connectivity index (χ2v) is 8.09. The quantitative estimate of drug-likeness (QED) is 0.826. The Bertz CT molecular complexity index is 765. The molecule has 2 atom stereocenters. The van der Waals surface area contributed by atoms with Gasteiger partial charge < -0.3 is 4.90 Å². The average Bonchev–Trinajstić information content (AvgIpc) is 3.37. The summed E-state index contributed by atoms with van der Waals surface area (Å²) in [6.07, 6.45) is 6.88. The molecule has 0 spiro atoms. The van der Waals surface area contributed by atoms with E-state index in [-0.39, 0.29) is 0 Å². The smallest absolute Gasteiger partial charge is 0.134 e. The fraction of sp³-hybridized carbons (Fsp3) is 0.650. The van der Waals surface area contributed by atoms with Crippen molar-refractivity contribution in [3.8, 4) is 0 Å². The second kappa shape index (κ2) is 6.99. The van der Waals surface area contributed by atoms with Gasteiger partial charge in [-0.25, -0.2) is 9.97 Å². The predicted molar refractivity (Wildman–Crippen MR) is 103 cm³/mol. The van der Waals surface area contributed by atoms with Gasteiger partial charge in [-0.15, -0.1) is 0 Å². The molecule has 2 fully saturated rings. The van der Waals surface area contributed by atoms with Crippen molar-refractivity contribution in [2.24, 2.45) is 13.0 Å².